The second-order valence-corrected chi connectivity index (χ2v) is 7.59. The third-order valence-electron chi connectivity index (χ3n) is 2.79. The van der Waals surface area contributed by atoms with E-state index in [2.05, 4.69) is 4.72 Å². The van der Waals surface area contributed by atoms with Crippen LogP contribution in [0.4, 0.5) is 15.8 Å². The van der Waals surface area contributed by atoms with Gasteiger partial charge in [0.2, 0.25) is 0 Å². The highest BCUT2D eigenvalue weighted by Gasteiger charge is 2.20. The van der Waals surface area contributed by atoms with Gasteiger partial charge in [-0.25, -0.2) is 12.8 Å². The molecule has 0 amide bonds. The first-order valence-corrected chi connectivity index (χ1v) is 8.68. The summed E-state index contributed by atoms with van der Waals surface area (Å²) in [6.07, 6.45) is 0. The molecule has 21 heavy (non-hydrogen) atoms. The maximum absolute atomic E-state index is 13.0. The van der Waals surface area contributed by atoms with E-state index in [1.807, 2.05) is 22.6 Å². The summed E-state index contributed by atoms with van der Waals surface area (Å²) in [6.45, 7) is 1.73. The number of sulfonamides is 1. The fraction of sp³-hybridized carbons (Fsp3) is 0.0769. The lowest BCUT2D eigenvalue weighted by molar-refractivity contribution is 0.601. The Balaban J connectivity index is 2.46. The molecular weight excluding hydrogens is 430 g/mol. The third kappa shape index (κ3) is 3.58. The number of rotatable bonds is 3. The van der Waals surface area contributed by atoms with Crippen LogP contribution in [0.3, 0.4) is 0 Å². The number of nitrogens with two attached hydrogens (primary N) is 1. The molecule has 0 atom stereocenters. The van der Waals surface area contributed by atoms with E-state index < -0.39 is 15.8 Å². The lowest BCUT2D eigenvalue weighted by atomic mass is 10.2. The van der Waals surface area contributed by atoms with Crippen molar-refractivity contribution in [2.45, 2.75) is 11.8 Å². The van der Waals surface area contributed by atoms with E-state index in [9.17, 15) is 12.8 Å². The van der Waals surface area contributed by atoms with E-state index in [0.29, 0.717) is 14.8 Å². The average Bonchev–Trinajstić information content (AvgIpc) is 2.37. The standard InChI is InChI=1S/C13H11ClFIN2O2S/c1-7-4-9(14)13(6-11(7)17)21(19,20)18-12-3-2-8(15)5-10(12)16/h2-6,18H,17H2,1H3. The molecule has 2 aromatic rings. The molecule has 0 saturated heterocycles. The Morgan fingerprint density at radius 1 is 1.29 bits per heavy atom. The van der Waals surface area contributed by atoms with Gasteiger partial charge in [-0.2, -0.15) is 0 Å². The Hall–Kier alpha value is -1.06. The first-order chi connectivity index (χ1) is 9.70. The SMILES string of the molecule is Cc1cc(Cl)c(S(=O)(=O)Nc2ccc(F)cc2I)cc1N. The molecule has 8 heteroatoms. The molecule has 0 heterocycles. The highest BCUT2D eigenvalue weighted by molar-refractivity contribution is 14.1. The van der Waals surface area contributed by atoms with Crippen LogP contribution < -0.4 is 10.5 Å². The Bertz CT molecular complexity index is 812. The van der Waals surface area contributed by atoms with E-state index in [1.54, 1.807) is 6.92 Å². The lowest BCUT2D eigenvalue weighted by Gasteiger charge is -2.12. The van der Waals surface area contributed by atoms with Crippen molar-refractivity contribution < 1.29 is 12.8 Å². The Morgan fingerprint density at radius 2 is 1.95 bits per heavy atom. The lowest BCUT2D eigenvalue weighted by Crippen LogP contribution is -2.15. The van der Waals surface area contributed by atoms with Crippen LogP contribution >= 0.6 is 34.2 Å². The van der Waals surface area contributed by atoms with Gasteiger partial charge in [-0.3, -0.25) is 4.72 Å². The molecule has 0 aliphatic carbocycles. The summed E-state index contributed by atoms with van der Waals surface area (Å²) in [5.74, 6) is -0.444. The second kappa shape index (κ2) is 5.98. The largest absolute Gasteiger partial charge is 0.398 e. The molecule has 0 fully saturated rings. The molecule has 4 nitrogen and oxygen atoms in total. The van der Waals surface area contributed by atoms with Crippen molar-refractivity contribution in [3.8, 4) is 0 Å². The van der Waals surface area contributed by atoms with Crippen molar-refractivity contribution in [3.05, 3.63) is 50.3 Å². The quantitative estimate of drug-likeness (QED) is 0.564. The molecule has 3 N–H and O–H groups in total. The summed E-state index contributed by atoms with van der Waals surface area (Å²) < 4.78 is 40.6. The zero-order chi connectivity index (χ0) is 15.8. The molecule has 0 unspecified atom stereocenters. The van der Waals surface area contributed by atoms with Crippen LogP contribution in [0.2, 0.25) is 5.02 Å². The van der Waals surface area contributed by atoms with Gasteiger partial charge in [0.1, 0.15) is 10.7 Å². The molecule has 0 bridgehead atoms. The molecule has 112 valence electrons. The highest BCUT2D eigenvalue weighted by Crippen LogP contribution is 2.29. The normalized spacial score (nSPS) is 11.4. The van der Waals surface area contributed by atoms with Gasteiger partial charge in [-0.05, 0) is 65.4 Å². The zero-order valence-electron chi connectivity index (χ0n) is 10.8. The van der Waals surface area contributed by atoms with Gasteiger partial charge in [-0.15, -0.1) is 0 Å². The van der Waals surface area contributed by atoms with Crippen molar-refractivity contribution in [1.29, 1.82) is 0 Å². The van der Waals surface area contributed by atoms with E-state index in [1.165, 1.54) is 30.3 Å². The van der Waals surface area contributed by atoms with Gasteiger partial charge < -0.3 is 5.73 Å². The number of hydrogen-bond acceptors (Lipinski definition) is 3. The molecule has 0 saturated carbocycles. The minimum atomic E-state index is -3.91. The highest BCUT2D eigenvalue weighted by atomic mass is 127. The Kier molecular flexibility index (Phi) is 4.64. The van der Waals surface area contributed by atoms with Crippen LogP contribution in [0, 0.1) is 16.3 Å². The second-order valence-electron chi connectivity index (χ2n) is 4.37. The van der Waals surface area contributed by atoms with Crippen molar-refractivity contribution in [3.63, 3.8) is 0 Å². The van der Waals surface area contributed by atoms with Gasteiger partial charge in [0, 0.05) is 9.26 Å². The van der Waals surface area contributed by atoms with E-state index in [-0.39, 0.29) is 15.6 Å². The van der Waals surface area contributed by atoms with E-state index in [0.717, 1.165) is 0 Å². The number of hydrogen-bond donors (Lipinski definition) is 2. The van der Waals surface area contributed by atoms with E-state index >= 15 is 0 Å². The van der Waals surface area contributed by atoms with Crippen LogP contribution in [-0.4, -0.2) is 8.42 Å². The number of nitrogens with one attached hydrogen (secondary N) is 1. The van der Waals surface area contributed by atoms with Crippen molar-refractivity contribution in [1.82, 2.24) is 0 Å². The molecule has 2 rings (SSSR count). The Morgan fingerprint density at radius 3 is 2.57 bits per heavy atom. The number of anilines is 2. The monoisotopic (exact) mass is 440 g/mol. The number of aryl methyl sites for hydroxylation is 1. The fourth-order valence-electron chi connectivity index (χ4n) is 1.65. The number of benzene rings is 2. The van der Waals surface area contributed by atoms with Gasteiger partial charge in [0.25, 0.3) is 10.0 Å². The Labute approximate surface area is 140 Å². The predicted octanol–water partition coefficient (Wildman–Crippen LogP) is 3.78. The van der Waals surface area contributed by atoms with Crippen LogP contribution in [0.5, 0.6) is 0 Å². The van der Waals surface area contributed by atoms with Crippen LogP contribution in [0.15, 0.2) is 35.2 Å². The summed E-state index contributed by atoms with van der Waals surface area (Å²) in [5, 5.41) is 0.0753. The average molecular weight is 441 g/mol. The minimum absolute atomic E-state index is 0.0753. The summed E-state index contributed by atoms with van der Waals surface area (Å²) in [7, 11) is -3.91. The van der Waals surface area contributed by atoms with Gasteiger partial charge >= 0.3 is 0 Å². The first-order valence-electron chi connectivity index (χ1n) is 5.74. The molecular formula is C13H11ClFIN2O2S. The zero-order valence-corrected chi connectivity index (χ0v) is 14.6. The predicted molar refractivity (Wildman–Crippen MR) is 90.5 cm³/mol. The maximum atomic E-state index is 13.0. The van der Waals surface area contributed by atoms with Crippen LogP contribution in [0.25, 0.3) is 0 Å². The minimum Gasteiger partial charge on any atom is -0.398 e. The van der Waals surface area contributed by atoms with Crippen LogP contribution in [-0.2, 0) is 10.0 Å². The van der Waals surface area contributed by atoms with Gasteiger partial charge in [0.05, 0.1) is 10.7 Å². The fourth-order valence-corrected chi connectivity index (χ4v) is 4.14. The van der Waals surface area contributed by atoms with Crippen molar-refractivity contribution >= 4 is 55.6 Å². The molecule has 0 aliphatic rings. The molecule has 0 radical (unpaired) electrons. The topological polar surface area (TPSA) is 72.2 Å². The van der Waals surface area contributed by atoms with Crippen molar-refractivity contribution in [2.75, 3.05) is 10.5 Å². The summed E-state index contributed by atoms with van der Waals surface area (Å²) in [5.41, 5.74) is 7.02. The van der Waals surface area contributed by atoms with E-state index in [4.69, 9.17) is 17.3 Å². The summed E-state index contributed by atoms with van der Waals surface area (Å²) >= 11 is 7.82. The van der Waals surface area contributed by atoms with Gasteiger partial charge in [0.15, 0.2) is 0 Å². The molecule has 0 aliphatic heterocycles. The molecule has 0 aromatic heterocycles. The third-order valence-corrected chi connectivity index (χ3v) is 5.51. The molecule has 0 spiro atoms. The molecule has 2 aromatic carbocycles. The van der Waals surface area contributed by atoms with Crippen LogP contribution in [0.1, 0.15) is 5.56 Å². The maximum Gasteiger partial charge on any atom is 0.263 e. The van der Waals surface area contributed by atoms with Gasteiger partial charge in [-0.1, -0.05) is 11.6 Å². The smallest absolute Gasteiger partial charge is 0.263 e. The van der Waals surface area contributed by atoms with Crippen molar-refractivity contribution in [2.24, 2.45) is 0 Å². The summed E-state index contributed by atoms with van der Waals surface area (Å²) in [6, 6.07) is 6.53. The number of halogens is 3. The first kappa shape index (κ1) is 16.3. The summed E-state index contributed by atoms with van der Waals surface area (Å²) in [4.78, 5) is -0.118. The number of nitrogen functional groups attached to an aromatic ring is 1.